The Morgan fingerprint density at radius 3 is 3.00 bits per heavy atom. The maximum Gasteiger partial charge on any atom is 0.217 e. The van der Waals surface area contributed by atoms with Gasteiger partial charge in [0.1, 0.15) is 5.82 Å². The van der Waals surface area contributed by atoms with Gasteiger partial charge in [0.15, 0.2) is 0 Å². The maximum absolute atomic E-state index is 11.0. The standard InChI is InChI=1S/C17H21N5O/c1-12-9-13(4-5-16(18)23)10-14(21-12)15-3-2-8-22(15)17-11-19-6-7-20-17/h6-7,9-11,15H,2-5,8H2,1H3,(H2,18,23). The largest absolute Gasteiger partial charge is 0.370 e. The highest BCUT2D eigenvalue weighted by atomic mass is 16.1. The molecule has 2 aromatic rings. The lowest BCUT2D eigenvalue weighted by Crippen LogP contribution is -2.24. The first kappa shape index (κ1) is 15.4. The van der Waals surface area contributed by atoms with Gasteiger partial charge in [0.25, 0.3) is 0 Å². The molecule has 2 aromatic heterocycles. The Labute approximate surface area is 135 Å². The topological polar surface area (TPSA) is 85.0 Å². The zero-order valence-electron chi connectivity index (χ0n) is 13.3. The number of primary amides is 1. The van der Waals surface area contributed by atoms with Crippen molar-refractivity contribution in [2.75, 3.05) is 11.4 Å². The smallest absolute Gasteiger partial charge is 0.217 e. The van der Waals surface area contributed by atoms with Gasteiger partial charge in [0.2, 0.25) is 5.91 Å². The average Bonchev–Trinajstić information content (AvgIpc) is 3.03. The van der Waals surface area contributed by atoms with Crippen LogP contribution in [0.1, 0.15) is 42.3 Å². The van der Waals surface area contributed by atoms with Crippen LogP contribution >= 0.6 is 0 Å². The van der Waals surface area contributed by atoms with E-state index in [2.05, 4.69) is 20.9 Å². The van der Waals surface area contributed by atoms with E-state index in [1.54, 1.807) is 18.6 Å². The van der Waals surface area contributed by atoms with Crippen LogP contribution in [0.5, 0.6) is 0 Å². The molecule has 2 N–H and O–H groups in total. The average molecular weight is 311 g/mol. The number of aryl methyl sites for hydroxylation is 2. The predicted molar refractivity (Wildman–Crippen MR) is 87.8 cm³/mol. The van der Waals surface area contributed by atoms with Crippen LogP contribution in [0.25, 0.3) is 0 Å². The maximum atomic E-state index is 11.0. The van der Waals surface area contributed by atoms with E-state index in [1.807, 2.05) is 13.0 Å². The van der Waals surface area contributed by atoms with Crippen LogP contribution in [-0.2, 0) is 11.2 Å². The fraction of sp³-hybridized carbons (Fsp3) is 0.412. The minimum atomic E-state index is -0.275. The van der Waals surface area contributed by atoms with Crippen molar-refractivity contribution < 1.29 is 4.79 Å². The summed E-state index contributed by atoms with van der Waals surface area (Å²) < 4.78 is 0. The molecule has 1 fully saturated rings. The molecule has 0 spiro atoms. The number of rotatable bonds is 5. The van der Waals surface area contributed by atoms with Gasteiger partial charge in [0, 0.05) is 31.1 Å². The molecular formula is C17H21N5O. The van der Waals surface area contributed by atoms with Gasteiger partial charge in [-0.15, -0.1) is 0 Å². The molecule has 23 heavy (non-hydrogen) atoms. The number of carbonyl (C=O) groups is 1. The summed E-state index contributed by atoms with van der Waals surface area (Å²) >= 11 is 0. The molecule has 120 valence electrons. The highest BCUT2D eigenvalue weighted by Crippen LogP contribution is 2.34. The van der Waals surface area contributed by atoms with Crippen LogP contribution < -0.4 is 10.6 Å². The number of nitrogens with zero attached hydrogens (tertiary/aromatic N) is 4. The van der Waals surface area contributed by atoms with E-state index in [4.69, 9.17) is 10.7 Å². The van der Waals surface area contributed by atoms with E-state index < -0.39 is 0 Å². The second-order valence-electron chi connectivity index (χ2n) is 5.92. The fourth-order valence-corrected chi connectivity index (χ4v) is 3.14. The molecule has 0 bridgehead atoms. The normalized spacial score (nSPS) is 17.4. The number of carbonyl (C=O) groups excluding carboxylic acids is 1. The van der Waals surface area contributed by atoms with Crippen molar-refractivity contribution in [3.63, 3.8) is 0 Å². The molecule has 0 radical (unpaired) electrons. The molecule has 0 aliphatic carbocycles. The van der Waals surface area contributed by atoms with Crippen LogP contribution in [0.4, 0.5) is 5.82 Å². The van der Waals surface area contributed by atoms with Crippen molar-refractivity contribution in [2.45, 2.75) is 38.6 Å². The van der Waals surface area contributed by atoms with Crippen LogP contribution in [0.15, 0.2) is 30.7 Å². The van der Waals surface area contributed by atoms with Crippen molar-refractivity contribution in [3.8, 4) is 0 Å². The summed E-state index contributed by atoms with van der Waals surface area (Å²) in [7, 11) is 0. The third kappa shape index (κ3) is 3.64. The molecule has 6 nitrogen and oxygen atoms in total. The van der Waals surface area contributed by atoms with E-state index in [-0.39, 0.29) is 11.9 Å². The summed E-state index contributed by atoms with van der Waals surface area (Å²) in [6.07, 6.45) is 8.36. The molecule has 3 rings (SSSR count). The van der Waals surface area contributed by atoms with Crippen molar-refractivity contribution >= 4 is 11.7 Å². The molecule has 0 saturated carbocycles. The highest BCUT2D eigenvalue weighted by Gasteiger charge is 2.28. The lowest BCUT2D eigenvalue weighted by atomic mass is 10.0. The van der Waals surface area contributed by atoms with Crippen LogP contribution in [0.2, 0.25) is 0 Å². The molecule has 1 unspecified atom stereocenters. The number of hydrogen-bond acceptors (Lipinski definition) is 5. The first-order valence-corrected chi connectivity index (χ1v) is 7.92. The van der Waals surface area contributed by atoms with E-state index in [9.17, 15) is 4.79 Å². The third-order valence-electron chi connectivity index (χ3n) is 4.13. The quantitative estimate of drug-likeness (QED) is 0.912. The van der Waals surface area contributed by atoms with E-state index in [0.29, 0.717) is 12.8 Å². The molecule has 0 aromatic carbocycles. The third-order valence-corrected chi connectivity index (χ3v) is 4.13. The van der Waals surface area contributed by atoms with E-state index >= 15 is 0 Å². The highest BCUT2D eigenvalue weighted by molar-refractivity contribution is 5.74. The van der Waals surface area contributed by atoms with Gasteiger partial charge < -0.3 is 10.6 Å². The number of pyridine rings is 1. The Kier molecular flexibility index (Phi) is 4.50. The van der Waals surface area contributed by atoms with Gasteiger partial charge >= 0.3 is 0 Å². The van der Waals surface area contributed by atoms with Crippen LogP contribution in [-0.4, -0.2) is 27.4 Å². The second kappa shape index (κ2) is 6.73. The van der Waals surface area contributed by atoms with Crippen LogP contribution in [0.3, 0.4) is 0 Å². The van der Waals surface area contributed by atoms with Crippen molar-refractivity contribution in [3.05, 3.63) is 47.7 Å². The molecule has 1 atom stereocenters. The molecular weight excluding hydrogens is 290 g/mol. The summed E-state index contributed by atoms with van der Waals surface area (Å²) in [4.78, 5) is 26.6. The summed E-state index contributed by atoms with van der Waals surface area (Å²) in [5.41, 5.74) is 8.37. The summed E-state index contributed by atoms with van der Waals surface area (Å²) in [5, 5.41) is 0. The Bertz CT molecular complexity index is 689. The minimum Gasteiger partial charge on any atom is -0.370 e. The van der Waals surface area contributed by atoms with Crippen molar-refractivity contribution in [2.24, 2.45) is 5.73 Å². The monoisotopic (exact) mass is 311 g/mol. The Balaban J connectivity index is 1.86. The molecule has 1 saturated heterocycles. The zero-order valence-corrected chi connectivity index (χ0v) is 13.3. The summed E-state index contributed by atoms with van der Waals surface area (Å²) in [6.45, 7) is 2.94. The number of aromatic nitrogens is 3. The number of anilines is 1. The second-order valence-corrected chi connectivity index (χ2v) is 5.92. The fourth-order valence-electron chi connectivity index (χ4n) is 3.14. The van der Waals surface area contributed by atoms with Gasteiger partial charge in [-0.05, 0) is 43.9 Å². The zero-order chi connectivity index (χ0) is 16.2. The summed E-state index contributed by atoms with van der Waals surface area (Å²) in [6, 6.07) is 4.32. The molecule has 1 aliphatic rings. The SMILES string of the molecule is Cc1cc(CCC(N)=O)cc(C2CCCN2c2cnccn2)n1. The first-order valence-electron chi connectivity index (χ1n) is 7.92. The molecule has 3 heterocycles. The Morgan fingerprint density at radius 2 is 2.26 bits per heavy atom. The first-order chi connectivity index (χ1) is 11.1. The Morgan fingerprint density at radius 1 is 1.39 bits per heavy atom. The number of amides is 1. The lowest BCUT2D eigenvalue weighted by Gasteiger charge is -2.25. The predicted octanol–water partition coefficient (Wildman–Crippen LogP) is 1.94. The molecule has 1 amide bonds. The van der Waals surface area contributed by atoms with Gasteiger partial charge in [-0.2, -0.15) is 0 Å². The van der Waals surface area contributed by atoms with Crippen LogP contribution in [0, 0.1) is 6.92 Å². The molecule has 6 heteroatoms. The summed E-state index contributed by atoms with van der Waals surface area (Å²) in [5.74, 6) is 0.611. The van der Waals surface area contributed by atoms with E-state index in [1.165, 1.54) is 0 Å². The van der Waals surface area contributed by atoms with Gasteiger partial charge in [-0.25, -0.2) is 4.98 Å². The molecule has 1 aliphatic heterocycles. The minimum absolute atomic E-state index is 0.207. The lowest BCUT2D eigenvalue weighted by molar-refractivity contribution is -0.117. The number of nitrogens with two attached hydrogens (primary N) is 1. The van der Waals surface area contributed by atoms with Gasteiger partial charge in [-0.3, -0.25) is 14.8 Å². The number of hydrogen-bond donors (Lipinski definition) is 1. The van der Waals surface area contributed by atoms with Crippen molar-refractivity contribution in [1.82, 2.24) is 15.0 Å². The Hall–Kier alpha value is -2.50. The van der Waals surface area contributed by atoms with Crippen molar-refractivity contribution in [1.29, 1.82) is 0 Å². The van der Waals surface area contributed by atoms with Gasteiger partial charge in [-0.1, -0.05) is 0 Å². The van der Waals surface area contributed by atoms with E-state index in [0.717, 1.165) is 42.2 Å². The van der Waals surface area contributed by atoms with Gasteiger partial charge in [0.05, 0.1) is 17.9 Å².